The summed E-state index contributed by atoms with van der Waals surface area (Å²) in [5.74, 6) is 0.184. The summed E-state index contributed by atoms with van der Waals surface area (Å²) in [4.78, 5) is 12.0. The van der Waals surface area contributed by atoms with Crippen molar-refractivity contribution < 1.29 is 14.3 Å². The number of primary amides is 1. The standard InChI is InChI=1S/C15H21NO3/c1-10-5-6-12(18-4)11(7-10)15(13(16)17)8-14(2,3)9-19-15/h5-7H,8-9H2,1-4H3,(H2,16,17). The normalized spacial score (nSPS) is 25.3. The molecule has 0 aliphatic carbocycles. The van der Waals surface area contributed by atoms with Crippen LogP contribution in [0.1, 0.15) is 31.4 Å². The number of rotatable bonds is 3. The van der Waals surface area contributed by atoms with Gasteiger partial charge in [-0.25, -0.2) is 0 Å². The van der Waals surface area contributed by atoms with Gasteiger partial charge in [0, 0.05) is 5.56 Å². The maximum Gasteiger partial charge on any atom is 0.254 e. The Labute approximate surface area is 113 Å². The SMILES string of the molecule is COc1ccc(C)cc1C1(C(N)=O)CC(C)(C)CO1. The van der Waals surface area contributed by atoms with Crippen LogP contribution in [0.2, 0.25) is 0 Å². The number of ether oxygens (including phenoxy) is 2. The highest BCUT2D eigenvalue weighted by Gasteiger charge is 2.51. The van der Waals surface area contributed by atoms with Crippen molar-refractivity contribution in [2.45, 2.75) is 32.8 Å². The van der Waals surface area contributed by atoms with Gasteiger partial charge in [-0.15, -0.1) is 0 Å². The molecule has 1 amide bonds. The number of aryl methyl sites for hydroxylation is 1. The number of hydrogen-bond donors (Lipinski definition) is 1. The first kappa shape index (κ1) is 13.9. The fourth-order valence-corrected chi connectivity index (χ4v) is 2.70. The Balaban J connectivity index is 2.58. The van der Waals surface area contributed by atoms with Crippen molar-refractivity contribution in [3.8, 4) is 5.75 Å². The Morgan fingerprint density at radius 2 is 2.11 bits per heavy atom. The van der Waals surface area contributed by atoms with E-state index in [1.807, 2.05) is 25.1 Å². The zero-order chi connectivity index (χ0) is 14.3. The van der Waals surface area contributed by atoms with Crippen LogP contribution in [0, 0.1) is 12.3 Å². The van der Waals surface area contributed by atoms with Gasteiger partial charge in [0.05, 0.1) is 13.7 Å². The molecule has 1 unspecified atom stereocenters. The summed E-state index contributed by atoms with van der Waals surface area (Å²) >= 11 is 0. The van der Waals surface area contributed by atoms with Gasteiger partial charge in [-0.2, -0.15) is 0 Å². The van der Waals surface area contributed by atoms with Gasteiger partial charge in [-0.05, 0) is 30.9 Å². The highest BCUT2D eigenvalue weighted by atomic mass is 16.5. The number of methoxy groups -OCH3 is 1. The lowest BCUT2D eigenvalue weighted by Crippen LogP contribution is -2.41. The zero-order valence-corrected chi connectivity index (χ0v) is 11.9. The highest BCUT2D eigenvalue weighted by molar-refractivity contribution is 5.86. The molecule has 2 rings (SSSR count). The summed E-state index contributed by atoms with van der Waals surface area (Å²) in [6, 6.07) is 5.71. The summed E-state index contributed by atoms with van der Waals surface area (Å²) in [6.45, 7) is 6.62. The fourth-order valence-electron chi connectivity index (χ4n) is 2.70. The van der Waals surface area contributed by atoms with Crippen LogP contribution >= 0.6 is 0 Å². The minimum Gasteiger partial charge on any atom is -0.496 e. The first-order chi connectivity index (χ1) is 8.81. The van der Waals surface area contributed by atoms with Gasteiger partial charge in [0.2, 0.25) is 0 Å². The number of nitrogens with two attached hydrogens (primary N) is 1. The van der Waals surface area contributed by atoms with Crippen LogP contribution in [0.3, 0.4) is 0 Å². The predicted molar refractivity (Wildman–Crippen MR) is 73.0 cm³/mol. The summed E-state index contributed by atoms with van der Waals surface area (Å²) in [6.07, 6.45) is 0.565. The topological polar surface area (TPSA) is 61.5 Å². The van der Waals surface area contributed by atoms with Gasteiger partial charge >= 0.3 is 0 Å². The molecule has 0 radical (unpaired) electrons. The molecule has 0 bridgehead atoms. The van der Waals surface area contributed by atoms with Gasteiger partial charge in [0.25, 0.3) is 5.91 Å². The van der Waals surface area contributed by atoms with Crippen molar-refractivity contribution in [1.29, 1.82) is 0 Å². The van der Waals surface area contributed by atoms with E-state index >= 15 is 0 Å². The third-order valence-electron chi connectivity index (χ3n) is 3.62. The lowest BCUT2D eigenvalue weighted by Gasteiger charge is -2.28. The molecule has 0 spiro atoms. The third kappa shape index (κ3) is 2.32. The van der Waals surface area contributed by atoms with E-state index in [2.05, 4.69) is 13.8 Å². The minimum absolute atomic E-state index is 0.0796. The van der Waals surface area contributed by atoms with Gasteiger partial charge in [0.15, 0.2) is 5.60 Å². The summed E-state index contributed by atoms with van der Waals surface area (Å²) in [7, 11) is 1.59. The quantitative estimate of drug-likeness (QED) is 0.908. The number of carbonyl (C=O) groups excluding carboxylic acids is 1. The molecule has 1 heterocycles. The molecule has 1 aromatic rings. The second-order valence-corrected chi connectivity index (χ2v) is 6.02. The summed E-state index contributed by atoms with van der Waals surface area (Å²) < 4.78 is 11.2. The van der Waals surface area contributed by atoms with Crippen molar-refractivity contribution in [2.75, 3.05) is 13.7 Å². The Hall–Kier alpha value is -1.55. The molecule has 1 aromatic carbocycles. The van der Waals surface area contributed by atoms with Crippen LogP contribution in [0.4, 0.5) is 0 Å². The smallest absolute Gasteiger partial charge is 0.254 e. The van der Waals surface area contributed by atoms with E-state index in [0.29, 0.717) is 18.8 Å². The van der Waals surface area contributed by atoms with Crippen molar-refractivity contribution in [3.63, 3.8) is 0 Å². The average molecular weight is 263 g/mol. The Morgan fingerprint density at radius 1 is 1.42 bits per heavy atom. The molecule has 4 nitrogen and oxygen atoms in total. The number of hydrogen-bond acceptors (Lipinski definition) is 3. The monoisotopic (exact) mass is 263 g/mol. The van der Waals surface area contributed by atoms with E-state index in [1.165, 1.54) is 0 Å². The van der Waals surface area contributed by atoms with Crippen LogP contribution < -0.4 is 10.5 Å². The van der Waals surface area contributed by atoms with Crippen molar-refractivity contribution >= 4 is 5.91 Å². The van der Waals surface area contributed by atoms with Crippen molar-refractivity contribution in [1.82, 2.24) is 0 Å². The molecule has 2 N–H and O–H groups in total. The molecule has 1 atom stereocenters. The van der Waals surface area contributed by atoms with E-state index in [-0.39, 0.29) is 5.41 Å². The second kappa shape index (κ2) is 4.53. The number of carbonyl (C=O) groups is 1. The number of benzene rings is 1. The van der Waals surface area contributed by atoms with Crippen LogP contribution in [0.25, 0.3) is 0 Å². The first-order valence-corrected chi connectivity index (χ1v) is 6.40. The van der Waals surface area contributed by atoms with Crippen molar-refractivity contribution in [2.24, 2.45) is 11.1 Å². The molecule has 1 aliphatic rings. The summed E-state index contributed by atoms with van der Waals surface area (Å²) in [5.41, 5.74) is 6.25. The maximum absolute atomic E-state index is 12.0. The minimum atomic E-state index is -1.08. The third-order valence-corrected chi connectivity index (χ3v) is 3.62. The predicted octanol–water partition coefficient (Wildman–Crippen LogP) is 2.13. The van der Waals surface area contributed by atoms with E-state index in [9.17, 15) is 4.79 Å². The molecule has 0 saturated carbocycles. The van der Waals surface area contributed by atoms with Gasteiger partial charge < -0.3 is 15.2 Å². The zero-order valence-electron chi connectivity index (χ0n) is 11.9. The number of amides is 1. The van der Waals surface area contributed by atoms with E-state index < -0.39 is 11.5 Å². The van der Waals surface area contributed by atoms with Crippen LogP contribution in [-0.2, 0) is 15.1 Å². The Morgan fingerprint density at radius 3 is 2.58 bits per heavy atom. The average Bonchev–Trinajstić information content (AvgIpc) is 2.67. The molecule has 4 heteroatoms. The summed E-state index contributed by atoms with van der Waals surface area (Å²) in [5, 5.41) is 0. The Bertz CT molecular complexity index is 510. The fraction of sp³-hybridized carbons (Fsp3) is 0.533. The van der Waals surface area contributed by atoms with Crippen molar-refractivity contribution in [3.05, 3.63) is 29.3 Å². The molecular weight excluding hydrogens is 242 g/mol. The van der Waals surface area contributed by atoms with Crippen LogP contribution in [-0.4, -0.2) is 19.6 Å². The van der Waals surface area contributed by atoms with Crippen LogP contribution in [0.15, 0.2) is 18.2 Å². The highest BCUT2D eigenvalue weighted by Crippen LogP contribution is 2.47. The lowest BCUT2D eigenvalue weighted by atomic mass is 9.79. The second-order valence-electron chi connectivity index (χ2n) is 6.02. The van der Waals surface area contributed by atoms with Gasteiger partial charge in [0.1, 0.15) is 5.75 Å². The molecule has 1 saturated heterocycles. The molecule has 1 fully saturated rings. The lowest BCUT2D eigenvalue weighted by molar-refractivity contribution is -0.139. The van der Waals surface area contributed by atoms with E-state index in [1.54, 1.807) is 7.11 Å². The molecule has 19 heavy (non-hydrogen) atoms. The van der Waals surface area contributed by atoms with E-state index in [4.69, 9.17) is 15.2 Å². The van der Waals surface area contributed by atoms with Gasteiger partial charge in [-0.3, -0.25) is 4.79 Å². The molecule has 1 aliphatic heterocycles. The van der Waals surface area contributed by atoms with Gasteiger partial charge in [-0.1, -0.05) is 25.5 Å². The largest absolute Gasteiger partial charge is 0.496 e. The van der Waals surface area contributed by atoms with E-state index in [0.717, 1.165) is 11.1 Å². The maximum atomic E-state index is 12.0. The van der Waals surface area contributed by atoms with Crippen LogP contribution in [0.5, 0.6) is 5.75 Å². The molecule has 0 aromatic heterocycles. The molecular formula is C15H21NO3. The molecule has 104 valence electrons. The Kier molecular flexibility index (Phi) is 3.31. The first-order valence-electron chi connectivity index (χ1n) is 6.40.